The van der Waals surface area contributed by atoms with Gasteiger partial charge in [-0.05, 0) is 38.0 Å². The van der Waals surface area contributed by atoms with Gasteiger partial charge in [-0.3, -0.25) is 4.68 Å². The van der Waals surface area contributed by atoms with Crippen molar-refractivity contribution in [2.75, 3.05) is 19.5 Å². The van der Waals surface area contributed by atoms with Crippen molar-refractivity contribution in [2.24, 2.45) is 0 Å². The normalized spacial score (nSPS) is 12.0. The summed E-state index contributed by atoms with van der Waals surface area (Å²) in [5.74, 6) is 1.52. The first kappa shape index (κ1) is 15.2. The van der Waals surface area contributed by atoms with Gasteiger partial charge < -0.3 is 14.8 Å². The molecule has 0 aliphatic carbocycles. The number of aryl methyl sites for hydroxylation is 1. The Hall–Kier alpha value is -2.17. The molecule has 0 bridgehead atoms. The largest absolute Gasteiger partial charge is 0.493 e. The first-order valence-electron chi connectivity index (χ1n) is 7.16. The van der Waals surface area contributed by atoms with Crippen LogP contribution in [-0.2, 0) is 13.0 Å². The molecule has 0 spiro atoms. The third-order valence-corrected chi connectivity index (χ3v) is 3.36. The van der Waals surface area contributed by atoms with Crippen molar-refractivity contribution >= 4 is 5.69 Å². The van der Waals surface area contributed by atoms with Crippen molar-refractivity contribution in [3.05, 3.63) is 36.2 Å². The predicted octanol–water partition coefficient (Wildman–Crippen LogP) is 2.96. The third-order valence-electron chi connectivity index (χ3n) is 3.36. The summed E-state index contributed by atoms with van der Waals surface area (Å²) in [5.41, 5.74) is 2.25. The summed E-state index contributed by atoms with van der Waals surface area (Å²) in [6.45, 7) is 5.11. The van der Waals surface area contributed by atoms with Gasteiger partial charge in [0.05, 0.1) is 26.1 Å². The van der Waals surface area contributed by atoms with Crippen LogP contribution in [-0.4, -0.2) is 30.0 Å². The average molecular weight is 289 g/mol. The van der Waals surface area contributed by atoms with Crippen LogP contribution in [0.4, 0.5) is 5.69 Å². The second kappa shape index (κ2) is 7.02. The summed E-state index contributed by atoms with van der Waals surface area (Å²) in [6.07, 6.45) is 4.78. The van der Waals surface area contributed by atoms with E-state index in [9.17, 15) is 0 Å². The molecule has 1 atom stereocenters. The molecule has 0 saturated carbocycles. The lowest BCUT2D eigenvalue weighted by Crippen LogP contribution is -2.17. The molecule has 2 aromatic rings. The molecule has 21 heavy (non-hydrogen) atoms. The highest BCUT2D eigenvalue weighted by Crippen LogP contribution is 2.28. The Morgan fingerprint density at radius 1 is 1.24 bits per heavy atom. The topological polar surface area (TPSA) is 48.3 Å². The van der Waals surface area contributed by atoms with Gasteiger partial charge in [-0.2, -0.15) is 5.10 Å². The lowest BCUT2D eigenvalue weighted by atomic mass is 10.1. The van der Waals surface area contributed by atoms with Gasteiger partial charge in [0, 0.05) is 18.8 Å². The van der Waals surface area contributed by atoms with Gasteiger partial charge in [0.2, 0.25) is 0 Å². The van der Waals surface area contributed by atoms with Gasteiger partial charge in [-0.1, -0.05) is 6.07 Å². The van der Waals surface area contributed by atoms with Crippen LogP contribution < -0.4 is 14.8 Å². The Morgan fingerprint density at radius 3 is 2.62 bits per heavy atom. The van der Waals surface area contributed by atoms with Gasteiger partial charge in [0.25, 0.3) is 0 Å². The highest BCUT2D eigenvalue weighted by atomic mass is 16.5. The van der Waals surface area contributed by atoms with Crippen LogP contribution in [0, 0.1) is 0 Å². The summed E-state index contributed by atoms with van der Waals surface area (Å²) in [7, 11) is 3.30. The fraction of sp³-hybridized carbons (Fsp3) is 0.438. The van der Waals surface area contributed by atoms with Crippen molar-refractivity contribution in [1.29, 1.82) is 0 Å². The van der Waals surface area contributed by atoms with E-state index in [1.807, 2.05) is 29.2 Å². The van der Waals surface area contributed by atoms with Gasteiger partial charge in [0.1, 0.15) is 0 Å². The molecule has 1 unspecified atom stereocenters. The van der Waals surface area contributed by atoms with E-state index in [-0.39, 0.29) is 0 Å². The summed E-state index contributed by atoms with van der Waals surface area (Å²) < 4.78 is 12.5. The molecule has 1 N–H and O–H groups in total. The van der Waals surface area contributed by atoms with E-state index in [1.165, 1.54) is 5.56 Å². The smallest absolute Gasteiger partial charge is 0.160 e. The molecule has 1 aromatic carbocycles. The molecular weight excluding hydrogens is 266 g/mol. The van der Waals surface area contributed by atoms with E-state index in [1.54, 1.807) is 14.2 Å². The van der Waals surface area contributed by atoms with Crippen LogP contribution in [0.2, 0.25) is 0 Å². The van der Waals surface area contributed by atoms with Crippen molar-refractivity contribution in [1.82, 2.24) is 9.78 Å². The molecule has 0 radical (unpaired) electrons. The van der Waals surface area contributed by atoms with Crippen LogP contribution in [0.1, 0.15) is 19.4 Å². The van der Waals surface area contributed by atoms with Crippen LogP contribution in [0.25, 0.3) is 0 Å². The Kier molecular flexibility index (Phi) is 5.09. The van der Waals surface area contributed by atoms with Crippen LogP contribution in [0.5, 0.6) is 11.5 Å². The van der Waals surface area contributed by atoms with Crippen molar-refractivity contribution in [3.63, 3.8) is 0 Å². The van der Waals surface area contributed by atoms with E-state index in [4.69, 9.17) is 9.47 Å². The van der Waals surface area contributed by atoms with E-state index in [0.717, 1.165) is 30.2 Å². The Labute approximate surface area is 125 Å². The first-order chi connectivity index (χ1) is 10.2. The molecule has 0 fully saturated rings. The molecule has 0 amide bonds. The molecule has 5 nitrogen and oxygen atoms in total. The Bertz CT molecular complexity index is 581. The van der Waals surface area contributed by atoms with Crippen LogP contribution >= 0.6 is 0 Å². The molecule has 5 heteroatoms. The number of ether oxygens (including phenoxy) is 2. The van der Waals surface area contributed by atoms with E-state index in [2.05, 4.69) is 30.3 Å². The van der Waals surface area contributed by atoms with E-state index < -0.39 is 0 Å². The summed E-state index contributed by atoms with van der Waals surface area (Å²) in [5, 5.41) is 7.72. The maximum Gasteiger partial charge on any atom is 0.160 e. The van der Waals surface area contributed by atoms with Gasteiger partial charge in [-0.15, -0.1) is 0 Å². The minimum atomic E-state index is 0.303. The molecule has 1 heterocycles. The number of aromatic nitrogens is 2. The highest BCUT2D eigenvalue weighted by Gasteiger charge is 2.09. The summed E-state index contributed by atoms with van der Waals surface area (Å²) >= 11 is 0. The number of anilines is 1. The number of rotatable bonds is 7. The van der Waals surface area contributed by atoms with Crippen molar-refractivity contribution in [3.8, 4) is 11.5 Å². The minimum absolute atomic E-state index is 0.303. The molecule has 0 aliphatic rings. The zero-order valence-corrected chi connectivity index (χ0v) is 13.1. The monoisotopic (exact) mass is 289 g/mol. The quantitative estimate of drug-likeness (QED) is 0.851. The fourth-order valence-corrected chi connectivity index (χ4v) is 2.31. The number of hydrogen-bond donors (Lipinski definition) is 1. The highest BCUT2D eigenvalue weighted by molar-refractivity contribution is 5.44. The van der Waals surface area contributed by atoms with Crippen molar-refractivity contribution in [2.45, 2.75) is 32.9 Å². The second-order valence-corrected chi connectivity index (χ2v) is 5.02. The average Bonchev–Trinajstić information content (AvgIpc) is 2.94. The number of benzene rings is 1. The number of hydrogen-bond acceptors (Lipinski definition) is 4. The summed E-state index contributed by atoms with van der Waals surface area (Å²) in [6, 6.07) is 6.33. The predicted molar refractivity (Wildman–Crippen MR) is 84.2 cm³/mol. The van der Waals surface area contributed by atoms with E-state index in [0.29, 0.717) is 6.04 Å². The van der Waals surface area contributed by atoms with Crippen LogP contribution in [0.15, 0.2) is 30.6 Å². The maximum atomic E-state index is 5.34. The van der Waals surface area contributed by atoms with Crippen LogP contribution in [0.3, 0.4) is 0 Å². The van der Waals surface area contributed by atoms with Crippen molar-refractivity contribution < 1.29 is 9.47 Å². The zero-order valence-electron chi connectivity index (χ0n) is 13.1. The Morgan fingerprint density at radius 2 is 2.00 bits per heavy atom. The molecule has 1 aromatic heterocycles. The standard InChI is InChI=1S/C16H23N3O2/c1-5-19-11-14(10-17-19)18-12(2)8-13-6-7-15(20-3)16(9-13)21-4/h6-7,9-12,18H,5,8H2,1-4H3. The SMILES string of the molecule is CCn1cc(NC(C)Cc2ccc(OC)c(OC)c2)cn1. The maximum absolute atomic E-state index is 5.34. The number of methoxy groups -OCH3 is 2. The summed E-state index contributed by atoms with van der Waals surface area (Å²) in [4.78, 5) is 0. The van der Waals surface area contributed by atoms with Gasteiger partial charge >= 0.3 is 0 Å². The lowest BCUT2D eigenvalue weighted by Gasteiger charge is -2.15. The molecule has 0 aliphatic heterocycles. The second-order valence-electron chi connectivity index (χ2n) is 5.02. The fourth-order valence-electron chi connectivity index (χ4n) is 2.31. The third kappa shape index (κ3) is 3.90. The molecule has 114 valence electrons. The zero-order chi connectivity index (χ0) is 15.2. The first-order valence-corrected chi connectivity index (χ1v) is 7.16. The molecular formula is C16H23N3O2. The molecule has 0 saturated heterocycles. The molecule has 2 rings (SSSR count). The number of nitrogens with one attached hydrogen (secondary N) is 1. The number of nitrogens with zero attached hydrogens (tertiary/aromatic N) is 2. The van der Waals surface area contributed by atoms with Gasteiger partial charge in [0.15, 0.2) is 11.5 Å². The van der Waals surface area contributed by atoms with E-state index >= 15 is 0 Å². The lowest BCUT2D eigenvalue weighted by molar-refractivity contribution is 0.354. The minimum Gasteiger partial charge on any atom is -0.493 e. The Balaban J connectivity index is 2.00. The van der Waals surface area contributed by atoms with Gasteiger partial charge in [-0.25, -0.2) is 0 Å².